The van der Waals surface area contributed by atoms with Crippen LogP contribution in [0.2, 0.25) is 0 Å². The van der Waals surface area contributed by atoms with Crippen LogP contribution >= 0.6 is 0 Å². The summed E-state index contributed by atoms with van der Waals surface area (Å²) >= 11 is 0. The average molecular weight is 259 g/mol. The van der Waals surface area contributed by atoms with Crippen molar-refractivity contribution in [2.75, 3.05) is 6.54 Å². The first-order valence-electron chi connectivity index (χ1n) is 6.78. The first kappa shape index (κ1) is 12.4. The van der Waals surface area contributed by atoms with Gasteiger partial charge in [-0.3, -0.25) is 4.68 Å². The van der Waals surface area contributed by atoms with Gasteiger partial charge in [0.2, 0.25) is 0 Å². The van der Waals surface area contributed by atoms with Gasteiger partial charge in [0.25, 0.3) is 0 Å². The predicted octanol–water partition coefficient (Wildman–Crippen LogP) is 2.56. The quantitative estimate of drug-likeness (QED) is 0.894. The van der Waals surface area contributed by atoms with E-state index in [1.54, 1.807) is 18.3 Å². The fourth-order valence-electron chi connectivity index (χ4n) is 2.66. The molecule has 100 valence electrons. The molecule has 3 nitrogen and oxygen atoms in total. The van der Waals surface area contributed by atoms with Crippen molar-refractivity contribution >= 4 is 0 Å². The van der Waals surface area contributed by atoms with Crippen LogP contribution in [0.25, 0.3) is 0 Å². The van der Waals surface area contributed by atoms with E-state index in [1.807, 2.05) is 29.1 Å². The van der Waals surface area contributed by atoms with Crippen molar-refractivity contribution < 1.29 is 4.39 Å². The van der Waals surface area contributed by atoms with Crippen LogP contribution < -0.4 is 5.32 Å². The number of hydrogen-bond acceptors (Lipinski definition) is 2. The molecule has 1 saturated carbocycles. The van der Waals surface area contributed by atoms with E-state index in [-0.39, 0.29) is 5.82 Å². The van der Waals surface area contributed by atoms with Crippen molar-refractivity contribution in [3.63, 3.8) is 0 Å². The minimum absolute atomic E-state index is 0.0671. The molecule has 0 aliphatic heterocycles. The van der Waals surface area contributed by atoms with Gasteiger partial charge in [-0.1, -0.05) is 18.2 Å². The average Bonchev–Trinajstić information content (AvgIpc) is 2.87. The maximum absolute atomic E-state index is 13.6. The predicted molar refractivity (Wildman–Crippen MR) is 72.4 cm³/mol. The molecule has 1 aliphatic rings. The molecule has 0 spiro atoms. The van der Waals surface area contributed by atoms with Crippen LogP contribution in [0.15, 0.2) is 42.7 Å². The summed E-state index contributed by atoms with van der Waals surface area (Å²) < 4.78 is 15.5. The summed E-state index contributed by atoms with van der Waals surface area (Å²) in [5, 5.41) is 7.65. The molecular formula is C15H18FN3. The Morgan fingerprint density at radius 1 is 1.26 bits per heavy atom. The van der Waals surface area contributed by atoms with Crippen LogP contribution in [0.4, 0.5) is 4.39 Å². The van der Waals surface area contributed by atoms with Gasteiger partial charge < -0.3 is 5.32 Å². The first-order valence-corrected chi connectivity index (χ1v) is 6.78. The highest BCUT2D eigenvalue weighted by Gasteiger charge is 2.31. The maximum Gasteiger partial charge on any atom is 0.126 e. The summed E-state index contributed by atoms with van der Waals surface area (Å²) in [7, 11) is 0. The van der Waals surface area contributed by atoms with Gasteiger partial charge in [0, 0.05) is 25.0 Å². The molecule has 0 saturated heterocycles. The topological polar surface area (TPSA) is 29.9 Å². The minimum Gasteiger partial charge on any atom is -0.312 e. The van der Waals surface area contributed by atoms with Gasteiger partial charge in [0.15, 0.2) is 0 Å². The zero-order valence-corrected chi connectivity index (χ0v) is 10.8. The van der Waals surface area contributed by atoms with E-state index in [0.29, 0.717) is 12.0 Å². The van der Waals surface area contributed by atoms with E-state index in [9.17, 15) is 4.39 Å². The van der Waals surface area contributed by atoms with Crippen LogP contribution in [0.1, 0.15) is 24.3 Å². The van der Waals surface area contributed by atoms with E-state index < -0.39 is 0 Å². The number of rotatable bonds is 5. The maximum atomic E-state index is 13.6. The molecule has 19 heavy (non-hydrogen) atoms. The Morgan fingerprint density at radius 2 is 2.11 bits per heavy atom. The van der Waals surface area contributed by atoms with Gasteiger partial charge in [-0.05, 0) is 36.5 Å². The van der Waals surface area contributed by atoms with Gasteiger partial charge in [0.1, 0.15) is 5.82 Å². The summed E-state index contributed by atoms with van der Waals surface area (Å²) in [5.41, 5.74) is 0.868. The molecule has 4 heteroatoms. The van der Waals surface area contributed by atoms with E-state index in [0.717, 1.165) is 31.5 Å². The van der Waals surface area contributed by atoms with Gasteiger partial charge in [-0.25, -0.2) is 4.39 Å². The van der Waals surface area contributed by atoms with Crippen molar-refractivity contribution in [1.29, 1.82) is 0 Å². The SMILES string of the molecule is Fc1ccccc1C1CC(NCCn2cccn2)C1. The van der Waals surface area contributed by atoms with Crippen molar-refractivity contribution in [1.82, 2.24) is 15.1 Å². The Morgan fingerprint density at radius 3 is 2.84 bits per heavy atom. The lowest BCUT2D eigenvalue weighted by Gasteiger charge is -2.36. The molecule has 1 aliphatic carbocycles. The first-order chi connectivity index (χ1) is 9.33. The minimum atomic E-state index is -0.0671. The molecule has 0 amide bonds. The van der Waals surface area contributed by atoms with Crippen molar-refractivity contribution in [2.45, 2.75) is 31.3 Å². The van der Waals surface area contributed by atoms with Crippen molar-refractivity contribution in [3.8, 4) is 0 Å². The van der Waals surface area contributed by atoms with Gasteiger partial charge in [-0.15, -0.1) is 0 Å². The standard InChI is InChI=1S/C15H18FN3/c16-15-5-2-1-4-14(15)12-10-13(11-12)17-7-9-19-8-3-6-18-19/h1-6,8,12-13,17H,7,9-11H2. The lowest BCUT2D eigenvalue weighted by Crippen LogP contribution is -2.41. The van der Waals surface area contributed by atoms with E-state index in [4.69, 9.17) is 0 Å². The molecule has 0 atom stereocenters. The number of halogens is 1. The van der Waals surface area contributed by atoms with Crippen LogP contribution in [-0.2, 0) is 6.54 Å². The van der Waals surface area contributed by atoms with Gasteiger partial charge in [0.05, 0.1) is 6.54 Å². The molecule has 2 aromatic rings. The Bertz CT molecular complexity index is 518. The van der Waals surface area contributed by atoms with Crippen LogP contribution in [-0.4, -0.2) is 22.4 Å². The fraction of sp³-hybridized carbons (Fsp3) is 0.400. The second kappa shape index (κ2) is 5.53. The number of benzene rings is 1. The fourth-order valence-corrected chi connectivity index (χ4v) is 2.66. The van der Waals surface area contributed by atoms with Gasteiger partial charge in [-0.2, -0.15) is 5.10 Å². The zero-order chi connectivity index (χ0) is 13.1. The smallest absolute Gasteiger partial charge is 0.126 e. The monoisotopic (exact) mass is 259 g/mol. The van der Waals surface area contributed by atoms with Crippen LogP contribution in [0.3, 0.4) is 0 Å². The third-order valence-corrected chi connectivity index (χ3v) is 3.82. The molecule has 0 radical (unpaired) electrons. The Labute approximate surface area is 112 Å². The van der Waals surface area contributed by atoms with E-state index in [1.165, 1.54) is 0 Å². The molecule has 1 heterocycles. The number of nitrogens with one attached hydrogen (secondary N) is 1. The van der Waals surface area contributed by atoms with Crippen LogP contribution in [0, 0.1) is 5.82 Å². The highest BCUT2D eigenvalue weighted by atomic mass is 19.1. The zero-order valence-electron chi connectivity index (χ0n) is 10.8. The molecule has 0 unspecified atom stereocenters. The molecule has 1 aromatic carbocycles. The van der Waals surface area contributed by atoms with Crippen molar-refractivity contribution in [3.05, 3.63) is 54.1 Å². The summed E-state index contributed by atoms with van der Waals surface area (Å²) in [5.74, 6) is 0.311. The van der Waals surface area contributed by atoms with Crippen LogP contribution in [0.5, 0.6) is 0 Å². The summed E-state index contributed by atoms with van der Waals surface area (Å²) in [6, 6.07) is 9.56. The van der Waals surface area contributed by atoms with Gasteiger partial charge >= 0.3 is 0 Å². The molecular weight excluding hydrogens is 241 g/mol. The molecule has 3 rings (SSSR count). The Balaban J connectivity index is 1.42. The van der Waals surface area contributed by atoms with E-state index >= 15 is 0 Å². The third-order valence-electron chi connectivity index (χ3n) is 3.82. The summed E-state index contributed by atoms with van der Waals surface area (Å²) in [6.45, 7) is 1.80. The Kier molecular flexibility index (Phi) is 3.60. The lowest BCUT2D eigenvalue weighted by atomic mass is 9.75. The highest BCUT2D eigenvalue weighted by Crippen LogP contribution is 2.37. The Hall–Kier alpha value is -1.68. The van der Waals surface area contributed by atoms with E-state index in [2.05, 4.69) is 10.4 Å². The number of nitrogens with zero attached hydrogens (tertiary/aromatic N) is 2. The third kappa shape index (κ3) is 2.84. The second-order valence-corrected chi connectivity index (χ2v) is 5.11. The summed E-state index contributed by atoms with van der Waals surface area (Å²) in [6.07, 6.45) is 5.81. The number of hydrogen-bond donors (Lipinski definition) is 1. The molecule has 1 fully saturated rings. The molecule has 1 N–H and O–H groups in total. The second-order valence-electron chi connectivity index (χ2n) is 5.11. The molecule has 1 aromatic heterocycles. The molecule has 0 bridgehead atoms. The lowest BCUT2D eigenvalue weighted by molar-refractivity contribution is 0.281. The van der Waals surface area contributed by atoms with Crippen molar-refractivity contribution in [2.24, 2.45) is 0 Å². The normalized spacial score (nSPS) is 22.2. The summed E-state index contributed by atoms with van der Waals surface area (Å²) in [4.78, 5) is 0. The largest absolute Gasteiger partial charge is 0.312 e. The highest BCUT2D eigenvalue weighted by molar-refractivity contribution is 5.24. The number of aromatic nitrogens is 2.